The van der Waals surface area contributed by atoms with Gasteiger partial charge in [0.15, 0.2) is 0 Å². The predicted molar refractivity (Wildman–Crippen MR) is 81.0 cm³/mol. The van der Waals surface area contributed by atoms with Gasteiger partial charge in [-0.05, 0) is 23.8 Å². The maximum absolute atomic E-state index is 13.5. The van der Waals surface area contributed by atoms with Crippen molar-refractivity contribution in [2.45, 2.75) is 6.54 Å². The van der Waals surface area contributed by atoms with Gasteiger partial charge in [-0.1, -0.05) is 35.9 Å². The predicted octanol–water partition coefficient (Wildman–Crippen LogP) is 3.15. The van der Waals surface area contributed by atoms with Crippen LogP contribution in [0.15, 0.2) is 42.5 Å². The van der Waals surface area contributed by atoms with Crippen LogP contribution in [0.5, 0.6) is 0 Å². The summed E-state index contributed by atoms with van der Waals surface area (Å²) in [5.74, 6) is -1.55. The molecule has 0 aromatic heterocycles. The molecule has 3 N–H and O–H groups in total. The van der Waals surface area contributed by atoms with Gasteiger partial charge in [0.1, 0.15) is 12.4 Å². The molecule has 0 aliphatic heterocycles. The molecule has 0 aliphatic carbocycles. The minimum Gasteiger partial charge on any atom is -0.480 e. The van der Waals surface area contributed by atoms with Gasteiger partial charge >= 0.3 is 5.97 Å². The number of halogens is 2. The van der Waals surface area contributed by atoms with Crippen molar-refractivity contribution in [1.29, 1.82) is 0 Å². The zero-order valence-electron chi connectivity index (χ0n) is 11.1. The number of para-hydroxylation sites is 2. The van der Waals surface area contributed by atoms with Gasteiger partial charge in [-0.25, -0.2) is 4.39 Å². The summed E-state index contributed by atoms with van der Waals surface area (Å²) in [6, 6.07) is 11.3. The number of hydrogen-bond donors (Lipinski definition) is 2. The van der Waals surface area contributed by atoms with Crippen molar-refractivity contribution < 1.29 is 14.3 Å². The first-order valence-electron chi connectivity index (χ1n) is 6.23. The lowest BCUT2D eigenvalue weighted by molar-refractivity contribution is -0.135. The summed E-state index contributed by atoms with van der Waals surface area (Å²) >= 11 is 5.92. The van der Waals surface area contributed by atoms with Crippen LogP contribution in [0, 0.1) is 5.82 Å². The van der Waals surface area contributed by atoms with Crippen molar-refractivity contribution in [2.75, 3.05) is 17.2 Å². The molecule has 0 unspecified atom stereocenters. The van der Waals surface area contributed by atoms with Crippen LogP contribution in [0.3, 0.4) is 0 Å². The Morgan fingerprint density at radius 3 is 2.62 bits per heavy atom. The third-order valence-corrected chi connectivity index (χ3v) is 3.42. The largest absolute Gasteiger partial charge is 0.480 e. The maximum Gasteiger partial charge on any atom is 0.323 e. The number of benzene rings is 2. The van der Waals surface area contributed by atoms with E-state index in [4.69, 9.17) is 22.4 Å². The number of aliphatic carboxylic acids is 1. The number of hydrogen-bond acceptors (Lipinski definition) is 3. The number of nitrogens with zero attached hydrogens (tertiary/aromatic N) is 1. The van der Waals surface area contributed by atoms with E-state index in [-0.39, 0.29) is 18.1 Å². The molecule has 2 aromatic rings. The molecule has 2 rings (SSSR count). The highest BCUT2D eigenvalue weighted by molar-refractivity contribution is 6.31. The van der Waals surface area contributed by atoms with E-state index in [9.17, 15) is 9.18 Å². The van der Waals surface area contributed by atoms with E-state index in [1.165, 1.54) is 12.1 Å². The number of nitrogen functional groups attached to an aromatic ring is 1. The Morgan fingerprint density at radius 1 is 1.24 bits per heavy atom. The number of carboxylic acid groups (broad SMARTS) is 1. The van der Waals surface area contributed by atoms with E-state index in [1.807, 2.05) is 0 Å². The molecule has 6 heteroatoms. The van der Waals surface area contributed by atoms with Crippen LogP contribution in [0.4, 0.5) is 15.8 Å². The normalized spacial score (nSPS) is 10.4. The highest BCUT2D eigenvalue weighted by Crippen LogP contribution is 2.27. The lowest BCUT2D eigenvalue weighted by Crippen LogP contribution is -2.30. The molecule has 0 saturated heterocycles. The molecule has 0 amide bonds. The molecule has 0 aliphatic rings. The van der Waals surface area contributed by atoms with Gasteiger partial charge in [0.05, 0.1) is 16.4 Å². The number of carbonyl (C=O) groups is 1. The van der Waals surface area contributed by atoms with Crippen molar-refractivity contribution in [3.8, 4) is 0 Å². The summed E-state index contributed by atoms with van der Waals surface area (Å²) in [7, 11) is 0. The first-order chi connectivity index (χ1) is 9.99. The van der Waals surface area contributed by atoms with Crippen LogP contribution in [-0.2, 0) is 11.3 Å². The maximum atomic E-state index is 13.5. The second kappa shape index (κ2) is 6.45. The molecule has 0 fully saturated rings. The average Bonchev–Trinajstić information content (AvgIpc) is 2.43. The summed E-state index contributed by atoms with van der Waals surface area (Å²) in [6.45, 7) is -0.113. The van der Waals surface area contributed by atoms with Crippen molar-refractivity contribution in [3.05, 3.63) is 58.9 Å². The van der Waals surface area contributed by atoms with E-state index in [0.717, 1.165) is 0 Å². The summed E-state index contributed by atoms with van der Waals surface area (Å²) in [6.07, 6.45) is 0. The molecule has 2 aromatic carbocycles. The SMILES string of the molecule is Nc1ccccc1N(CC(=O)O)Cc1cccc(F)c1Cl. The van der Waals surface area contributed by atoms with E-state index in [2.05, 4.69) is 0 Å². The van der Waals surface area contributed by atoms with Gasteiger partial charge in [0.25, 0.3) is 0 Å². The molecule has 21 heavy (non-hydrogen) atoms. The Bertz CT molecular complexity index is 664. The van der Waals surface area contributed by atoms with Gasteiger partial charge in [-0.15, -0.1) is 0 Å². The van der Waals surface area contributed by atoms with E-state index in [0.29, 0.717) is 16.9 Å². The van der Waals surface area contributed by atoms with E-state index in [1.54, 1.807) is 35.2 Å². The minimum absolute atomic E-state index is 0.0117. The van der Waals surface area contributed by atoms with Crippen LogP contribution < -0.4 is 10.6 Å². The molecule has 110 valence electrons. The number of nitrogens with two attached hydrogens (primary N) is 1. The van der Waals surface area contributed by atoms with Crippen molar-refractivity contribution >= 4 is 28.9 Å². The van der Waals surface area contributed by atoms with Crippen LogP contribution in [0.1, 0.15) is 5.56 Å². The van der Waals surface area contributed by atoms with Gasteiger partial charge < -0.3 is 15.7 Å². The Hall–Kier alpha value is -2.27. The van der Waals surface area contributed by atoms with Gasteiger partial charge in [0.2, 0.25) is 0 Å². The Morgan fingerprint density at radius 2 is 1.95 bits per heavy atom. The van der Waals surface area contributed by atoms with Gasteiger partial charge in [-0.2, -0.15) is 0 Å². The van der Waals surface area contributed by atoms with Crippen LogP contribution in [-0.4, -0.2) is 17.6 Å². The Kier molecular flexibility index (Phi) is 4.65. The summed E-state index contributed by atoms with van der Waals surface area (Å²) in [5, 5.41) is 9.04. The molecule has 0 atom stereocenters. The van der Waals surface area contributed by atoms with E-state index < -0.39 is 11.8 Å². The second-order valence-electron chi connectivity index (χ2n) is 4.52. The van der Waals surface area contributed by atoms with Gasteiger partial charge in [0, 0.05) is 6.54 Å². The fourth-order valence-corrected chi connectivity index (χ4v) is 2.23. The molecular formula is C15H14ClFN2O2. The smallest absolute Gasteiger partial charge is 0.323 e. The topological polar surface area (TPSA) is 66.6 Å². The summed E-state index contributed by atoms with van der Waals surface area (Å²) in [4.78, 5) is 12.6. The molecule has 0 heterocycles. The third-order valence-electron chi connectivity index (χ3n) is 3.00. The van der Waals surface area contributed by atoms with Crippen molar-refractivity contribution in [2.24, 2.45) is 0 Å². The number of rotatable bonds is 5. The van der Waals surface area contributed by atoms with Crippen molar-refractivity contribution in [3.63, 3.8) is 0 Å². The number of carboxylic acids is 1. The first kappa shape index (κ1) is 15.1. The number of anilines is 2. The monoisotopic (exact) mass is 308 g/mol. The first-order valence-corrected chi connectivity index (χ1v) is 6.61. The van der Waals surface area contributed by atoms with Crippen LogP contribution >= 0.6 is 11.6 Å². The highest BCUT2D eigenvalue weighted by Gasteiger charge is 2.16. The van der Waals surface area contributed by atoms with E-state index >= 15 is 0 Å². The Balaban J connectivity index is 2.35. The zero-order chi connectivity index (χ0) is 15.4. The highest BCUT2D eigenvalue weighted by atomic mass is 35.5. The summed E-state index contributed by atoms with van der Waals surface area (Å²) < 4.78 is 13.5. The fourth-order valence-electron chi connectivity index (χ4n) is 2.04. The molecule has 0 spiro atoms. The minimum atomic E-state index is -1.01. The lowest BCUT2D eigenvalue weighted by atomic mass is 10.1. The van der Waals surface area contributed by atoms with Crippen LogP contribution in [0.2, 0.25) is 5.02 Å². The van der Waals surface area contributed by atoms with Crippen LogP contribution in [0.25, 0.3) is 0 Å². The molecule has 0 saturated carbocycles. The lowest BCUT2D eigenvalue weighted by Gasteiger charge is -2.25. The quantitative estimate of drug-likeness (QED) is 0.833. The molecular weight excluding hydrogens is 295 g/mol. The molecule has 4 nitrogen and oxygen atoms in total. The fraction of sp³-hybridized carbons (Fsp3) is 0.133. The average molecular weight is 309 g/mol. The molecule has 0 bridgehead atoms. The second-order valence-corrected chi connectivity index (χ2v) is 4.90. The van der Waals surface area contributed by atoms with Gasteiger partial charge in [-0.3, -0.25) is 4.79 Å². The Labute approximate surface area is 126 Å². The summed E-state index contributed by atoms with van der Waals surface area (Å²) in [5.41, 5.74) is 7.40. The standard InChI is InChI=1S/C15H14ClFN2O2/c16-15-10(4-3-5-11(15)17)8-19(9-14(20)21)13-7-2-1-6-12(13)18/h1-7H,8-9,18H2,(H,20,21). The van der Waals surface area contributed by atoms with Crippen molar-refractivity contribution in [1.82, 2.24) is 0 Å². The third kappa shape index (κ3) is 3.64. The zero-order valence-corrected chi connectivity index (χ0v) is 11.8. The molecule has 0 radical (unpaired) electrons.